The first-order valence-corrected chi connectivity index (χ1v) is 7.38. The molecule has 23 heavy (non-hydrogen) atoms. The summed E-state index contributed by atoms with van der Waals surface area (Å²) in [5.41, 5.74) is 10.0. The van der Waals surface area contributed by atoms with Crippen molar-refractivity contribution in [2.75, 3.05) is 0 Å². The Morgan fingerprint density at radius 1 is 1.35 bits per heavy atom. The summed E-state index contributed by atoms with van der Waals surface area (Å²) in [6.07, 6.45) is 2.32. The fraction of sp³-hybridized carbons (Fsp3) is 0.125. The number of nitro benzene ring substituents is 1. The van der Waals surface area contributed by atoms with Gasteiger partial charge in [-0.3, -0.25) is 10.1 Å². The van der Waals surface area contributed by atoms with Crippen molar-refractivity contribution in [1.82, 2.24) is 9.38 Å². The highest BCUT2D eigenvalue weighted by Gasteiger charge is 2.16. The van der Waals surface area contributed by atoms with E-state index >= 15 is 0 Å². The zero-order valence-corrected chi connectivity index (χ0v) is 13.2. The Bertz CT molecular complexity index is 916. The molecule has 0 fully saturated rings. The van der Waals surface area contributed by atoms with E-state index in [1.807, 2.05) is 29.7 Å². The molecule has 2 heterocycles. The summed E-state index contributed by atoms with van der Waals surface area (Å²) < 4.78 is 1.96. The lowest BCUT2D eigenvalue weighted by atomic mass is 10.1. The van der Waals surface area contributed by atoms with Gasteiger partial charge in [0.05, 0.1) is 21.3 Å². The second kappa shape index (κ2) is 5.77. The van der Waals surface area contributed by atoms with Crippen LogP contribution < -0.4 is 5.73 Å². The van der Waals surface area contributed by atoms with Gasteiger partial charge in [0, 0.05) is 30.3 Å². The van der Waals surface area contributed by atoms with E-state index in [0.717, 1.165) is 28.2 Å². The molecule has 0 atom stereocenters. The predicted molar refractivity (Wildman–Crippen MR) is 92.5 cm³/mol. The van der Waals surface area contributed by atoms with E-state index in [9.17, 15) is 10.1 Å². The monoisotopic (exact) mass is 326 g/mol. The molecule has 0 aliphatic heterocycles. The lowest BCUT2D eigenvalue weighted by Gasteiger charge is -2.04. The number of non-ortho nitro benzene ring substituents is 1. The minimum absolute atomic E-state index is 0.0459. The quantitative estimate of drug-likeness (QED) is 0.452. The zero-order chi connectivity index (χ0) is 16.6. The van der Waals surface area contributed by atoms with Crippen LogP contribution in [0.5, 0.6) is 0 Å². The fourth-order valence-electron chi connectivity index (χ4n) is 2.56. The maximum absolute atomic E-state index is 10.8. The first-order valence-electron chi connectivity index (χ1n) is 6.97. The van der Waals surface area contributed by atoms with E-state index in [-0.39, 0.29) is 5.69 Å². The topological polar surface area (TPSA) is 86.5 Å². The van der Waals surface area contributed by atoms with Gasteiger partial charge in [0.1, 0.15) is 5.65 Å². The number of imidazole rings is 1. The molecular formula is C16H14N4O2S. The summed E-state index contributed by atoms with van der Waals surface area (Å²) in [6.45, 7) is 1.98. The van der Waals surface area contributed by atoms with Gasteiger partial charge in [-0.05, 0) is 30.7 Å². The Morgan fingerprint density at radius 2 is 2.04 bits per heavy atom. The summed E-state index contributed by atoms with van der Waals surface area (Å²) in [5.74, 6) is 0. The number of aryl methyl sites for hydroxylation is 1. The SMILES string of the molecule is Cc1cccn2c(CC(N)=S)c(-c3ccc([N+](=O)[O-])cc3)nc12. The number of thiocarbonyl (C=S) groups is 1. The van der Waals surface area contributed by atoms with Crippen LogP contribution in [0.1, 0.15) is 11.3 Å². The minimum Gasteiger partial charge on any atom is -0.393 e. The number of pyridine rings is 1. The van der Waals surface area contributed by atoms with Gasteiger partial charge in [0.25, 0.3) is 5.69 Å². The Hall–Kier alpha value is -2.80. The fourth-order valence-corrected chi connectivity index (χ4v) is 2.70. The molecule has 0 aliphatic carbocycles. The van der Waals surface area contributed by atoms with Gasteiger partial charge in [0.15, 0.2) is 0 Å². The maximum atomic E-state index is 10.8. The van der Waals surface area contributed by atoms with Crippen molar-refractivity contribution in [3.63, 3.8) is 0 Å². The maximum Gasteiger partial charge on any atom is 0.269 e. The average Bonchev–Trinajstić information content (AvgIpc) is 2.87. The molecule has 0 saturated carbocycles. The molecule has 7 heteroatoms. The van der Waals surface area contributed by atoms with Crippen molar-refractivity contribution < 1.29 is 4.92 Å². The van der Waals surface area contributed by atoms with Gasteiger partial charge < -0.3 is 10.1 Å². The van der Waals surface area contributed by atoms with Crippen molar-refractivity contribution >= 4 is 28.5 Å². The highest BCUT2D eigenvalue weighted by atomic mass is 32.1. The number of benzene rings is 1. The van der Waals surface area contributed by atoms with Gasteiger partial charge in [-0.25, -0.2) is 4.98 Å². The molecule has 0 spiro atoms. The number of hydrogen-bond acceptors (Lipinski definition) is 4. The molecule has 1 aromatic carbocycles. The number of rotatable bonds is 4. The van der Waals surface area contributed by atoms with Crippen LogP contribution >= 0.6 is 12.2 Å². The van der Waals surface area contributed by atoms with Crippen molar-refractivity contribution in [3.8, 4) is 11.3 Å². The molecule has 0 bridgehead atoms. The van der Waals surface area contributed by atoms with E-state index < -0.39 is 4.92 Å². The van der Waals surface area contributed by atoms with E-state index in [1.54, 1.807) is 12.1 Å². The first-order chi connectivity index (χ1) is 11.0. The lowest BCUT2D eigenvalue weighted by Crippen LogP contribution is -2.13. The third-order valence-electron chi connectivity index (χ3n) is 3.64. The van der Waals surface area contributed by atoms with Crippen LogP contribution in [0.15, 0.2) is 42.6 Å². The molecule has 2 aromatic heterocycles. The van der Waals surface area contributed by atoms with Gasteiger partial charge in [0.2, 0.25) is 0 Å². The highest BCUT2D eigenvalue weighted by molar-refractivity contribution is 7.80. The highest BCUT2D eigenvalue weighted by Crippen LogP contribution is 2.27. The first kappa shape index (κ1) is 15.1. The summed E-state index contributed by atoms with van der Waals surface area (Å²) >= 11 is 5.05. The van der Waals surface area contributed by atoms with E-state index in [4.69, 9.17) is 18.0 Å². The third-order valence-corrected chi connectivity index (χ3v) is 3.78. The van der Waals surface area contributed by atoms with Crippen molar-refractivity contribution in [2.24, 2.45) is 5.73 Å². The average molecular weight is 326 g/mol. The normalized spacial score (nSPS) is 10.8. The van der Waals surface area contributed by atoms with Crippen LogP contribution in [-0.2, 0) is 6.42 Å². The van der Waals surface area contributed by atoms with E-state index in [1.165, 1.54) is 12.1 Å². The van der Waals surface area contributed by atoms with Gasteiger partial charge in [-0.1, -0.05) is 18.3 Å². The molecule has 0 aliphatic rings. The predicted octanol–water partition coefficient (Wildman–Crippen LogP) is 3.05. The number of hydrogen-bond donors (Lipinski definition) is 1. The molecular weight excluding hydrogens is 312 g/mol. The van der Waals surface area contributed by atoms with Crippen LogP contribution in [0.3, 0.4) is 0 Å². The van der Waals surface area contributed by atoms with Crippen molar-refractivity contribution in [1.29, 1.82) is 0 Å². The summed E-state index contributed by atoms with van der Waals surface area (Å²) in [6, 6.07) is 10.2. The van der Waals surface area contributed by atoms with Gasteiger partial charge >= 0.3 is 0 Å². The lowest BCUT2D eigenvalue weighted by molar-refractivity contribution is -0.384. The largest absolute Gasteiger partial charge is 0.393 e. The van der Waals surface area contributed by atoms with Crippen LogP contribution in [-0.4, -0.2) is 19.3 Å². The van der Waals surface area contributed by atoms with Crippen LogP contribution in [0.2, 0.25) is 0 Å². The molecule has 3 rings (SSSR count). The molecule has 0 amide bonds. The molecule has 116 valence electrons. The van der Waals surface area contributed by atoms with Crippen LogP contribution in [0.25, 0.3) is 16.9 Å². The zero-order valence-electron chi connectivity index (χ0n) is 12.4. The summed E-state index contributed by atoms with van der Waals surface area (Å²) in [5, 5.41) is 10.8. The molecule has 3 aromatic rings. The third kappa shape index (κ3) is 2.78. The number of nitro groups is 1. The molecule has 6 nitrogen and oxygen atoms in total. The number of nitrogens with zero attached hydrogens (tertiary/aromatic N) is 3. The molecule has 0 saturated heterocycles. The van der Waals surface area contributed by atoms with Crippen molar-refractivity contribution in [3.05, 3.63) is 64.0 Å². The van der Waals surface area contributed by atoms with E-state index in [0.29, 0.717) is 11.4 Å². The van der Waals surface area contributed by atoms with Gasteiger partial charge in [-0.15, -0.1) is 0 Å². The Morgan fingerprint density at radius 3 is 2.65 bits per heavy atom. The Balaban J connectivity index is 2.21. The number of aromatic nitrogens is 2. The molecule has 2 N–H and O–H groups in total. The Kier molecular flexibility index (Phi) is 3.79. The second-order valence-electron chi connectivity index (χ2n) is 5.24. The van der Waals surface area contributed by atoms with Crippen molar-refractivity contribution in [2.45, 2.75) is 13.3 Å². The van der Waals surface area contributed by atoms with E-state index in [2.05, 4.69) is 4.98 Å². The minimum atomic E-state index is -0.423. The molecule has 0 radical (unpaired) electrons. The summed E-state index contributed by atoms with van der Waals surface area (Å²) in [7, 11) is 0. The van der Waals surface area contributed by atoms with Gasteiger partial charge in [-0.2, -0.15) is 0 Å². The Labute approximate surface area is 137 Å². The second-order valence-corrected chi connectivity index (χ2v) is 5.76. The van der Waals surface area contributed by atoms with Crippen LogP contribution in [0.4, 0.5) is 5.69 Å². The smallest absolute Gasteiger partial charge is 0.269 e. The summed E-state index contributed by atoms with van der Waals surface area (Å²) in [4.78, 5) is 15.4. The number of nitrogens with two attached hydrogens (primary N) is 1. The van der Waals surface area contributed by atoms with Crippen LogP contribution in [0, 0.1) is 17.0 Å². The molecule has 0 unspecified atom stereocenters. The number of fused-ring (bicyclic) bond motifs is 1. The standard InChI is InChI=1S/C16H14N4O2S/c1-10-3-2-8-19-13(9-14(17)23)15(18-16(10)19)11-4-6-12(7-5-11)20(21)22/h2-8H,9H2,1H3,(H2,17,23).